The van der Waals surface area contributed by atoms with E-state index >= 15 is 0 Å². The number of anilines is 1. The molecule has 1 aliphatic heterocycles. The van der Waals surface area contributed by atoms with Gasteiger partial charge in [0.1, 0.15) is 0 Å². The van der Waals surface area contributed by atoms with Crippen molar-refractivity contribution in [3.8, 4) is 0 Å². The molecule has 0 radical (unpaired) electrons. The van der Waals surface area contributed by atoms with Crippen molar-refractivity contribution >= 4 is 39.2 Å². The molecule has 0 aliphatic carbocycles. The molecule has 1 N–H and O–H groups in total. The van der Waals surface area contributed by atoms with Gasteiger partial charge in [0.25, 0.3) is 0 Å². The smallest absolute Gasteiger partial charge is 0.321 e. The number of halogens is 2. The second-order valence-electron chi connectivity index (χ2n) is 3.33. The molecule has 2 rings (SSSR count). The predicted octanol–water partition coefficient (Wildman–Crippen LogP) is 3.02. The summed E-state index contributed by atoms with van der Waals surface area (Å²) >= 11 is 9.25. The van der Waals surface area contributed by atoms with E-state index in [4.69, 9.17) is 11.6 Å². The third-order valence-corrected chi connectivity index (χ3v) is 3.15. The molecule has 1 aliphatic rings. The van der Waals surface area contributed by atoms with Gasteiger partial charge in [0.15, 0.2) is 0 Å². The van der Waals surface area contributed by atoms with Crippen molar-refractivity contribution in [3.05, 3.63) is 27.7 Å². The predicted molar refractivity (Wildman–Crippen MR) is 64.5 cm³/mol. The van der Waals surface area contributed by atoms with E-state index in [-0.39, 0.29) is 6.03 Å². The number of hydrogen-bond donors (Lipinski definition) is 1. The first-order chi connectivity index (χ1) is 7.18. The van der Waals surface area contributed by atoms with Crippen LogP contribution in [-0.2, 0) is 0 Å². The van der Waals surface area contributed by atoms with Gasteiger partial charge in [-0.15, -0.1) is 0 Å². The summed E-state index contributed by atoms with van der Waals surface area (Å²) in [6.07, 6.45) is 0.959. The van der Waals surface area contributed by atoms with Crippen LogP contribution in [-0.4, -0.2) is 19.1 Å². The van der Waals surface area contributed by atoms with Crippen LogP contribution in [0, 0.1) is 0 Å². The molecule has 0 unspecified atom stereocenters. The van der Waals surface area contributed by atoms with E-state index in [1.807, 2.05) is 6.07 Å². The van der Waals surface area contributed by atoms with Crippen molar-refractivity contribution in [2.75, 3.05) is 18.0 Å². The molecular weight excluding hydrogens is 279 g/mol. The number of nitrogens with zero attached hydrogens (tertiary/aromatic N) is 1. The molecule has 1 aromatic rings. The SMILES string of the molecule is O=C1NCCCN1c1ccc(Cl)cc1Br. The van der Waals surface area contributed by atoms with Crippen LogP contribution in [0.4, 0.5) is 10.5 Å². The summed E-state index contributed by atoms with van der Waals surface area (Å²) in [5.41, 5.74) is 0.858. The Hall–Kier alpha value is -0.740. The van der Waals surface area contributed by atoms with E-state index in [0.29, 0.717) is 5.02 Å². The molecule has 1 fully saturated rings. The summed E-state index contributed by atoms with van der Waals surface area (Å²) in [5, 5.41) is 3.46. The highest BCUT2D eigenvalue weighted by atomic mass is 79.9. The lowest BCUT2D eigenvalue weighted by Crippen LogP contribution is -2.46. The number of benzene rings is 1. The molecular formula is C10H10BrClN2O. The molecule has 1 heterocycles. The maximum atomic E-state index is 11.6. The van der Waals surface area contributed by atoms with Gasteiger partial charge in [0.05, 0.1) is 5.69 Å². The van der Waals surface area contributed by atoms with Crippen LogP contribution in [0.5, 0.6) is 0 Å². The van der Waals surface area contributed by atoms with Gasteiger partial charge in [-0.05, 0) is 40.5 Å². The first-order valence-electron chi connectivity index (χ1n) is 4.69. The minimum atomic E-state index is -0.0516. The fourth-order valence-electron chi connectivity index (χ4n) is 1.56. The average molecular weight is 290 g/mol. The lowest BCUT2D eigenvalue weighted by Gasteiger charge is -2.28. The Kier molecular flexibility index (Phi) is 3.17. The van der Waals surface area contributed by atoms with E-state index < -0.39 is 0 Å². The summed E-state index contributed by atoms with van der Waals surface area (Å²) in [7, 11) is 0. The van der Waals surface area contributed by atoms with Gasteiger partial charge in [-0.25, -0.2) is 4.79 Å². The number of carbonyl (C=O) groups is 1. The molecule has 1 saturated heterocycles. The highest BCUT2D eigenvalue weighted by molar-refractivity contribution is 9.10. The van der Waals surface area contributed by atoms with Crippen LogP contribution in [0.2, 0.25) is 5.02 Å². The Morgan fingerprint density at radius 1 is 1.47 bits per heavy atom. The van der Waals surface area contributed by atoms with E-state index in [9.17, 15) is 4.79 Å². The third kappa shape index (κ3) is 2.26. The van der Waals surface area contributed by atoms with E-state index in [0.717, 1.165) is 29.7 Å². The lowest BCUT2D eigenvalue weighted by atomic mass is 10.2. The highest BCUT2D eigenvalue weighted by Gasteiger charge is 2.20. The second-order valence-corrected chi connectivity index (χ2v) is 4.62. The first kappa shape index (κ1) is 10.8. The Morgan fingerprint density at radius 3 is 2.93 bits per heavy atom. The van der Waals surface area contributed by atoms with Crippen LogP contribution >= 0.6 is 27.5 Å². The largest absolute Gasteiger partial charge is 0.338 e. The number of hydrogen-bond acceptors (Lipinski definition) is 1. The maximum Gasteiger partial charge on any atom is 0.321 e. The second kappa shape index (κ2) is 4.41. The van der Waals surface area contributed by atoms with Crippen LogP contribution in [0.15, 0.2) is 22.7 Å². The number of amides is 2. The Morgan fingerprint density at radius 2 is 2.27 bits per heavy atom. The lowest BCUT2D eigenvalue weighted by molar-refractivity contribution is 0.243. The van der Waals surface area contributed by atoms with Gasteiger partial charge in [-0.3, -0.25) is 4.90 Å². The van der Waals surface area contributed by atoms with Gasteiger partial charge < -0.3 is 5.32 Å². The maximum absolute atomic E-state index is 11.6. The van der Waals surface area contributed by atoms with Crippen molar-refractivity contribution in [3.63, 3.8) is 0 Å². The molecule has 5 heteroatoms. The number of urea groups is 1. The summed E-state index contributed by atoms with van der Waals surface area (Å²) in [4.78, 5) is 13.3. The minimum absolute atomic E-state index is 0.0516. The van der Waals surface area contributed by atoms with Crippen molar-refractivity contribution in [1.29, 1.82) is 0 Å². The van der Waals surface area contributed by atoms with Crippen LogP contribution in [0.3, 0.4) is 0 Å². The van der Waals surface area contributed by atoms with Gasteiger partial charge in [0, 0.05) is 22.6 Å². The topological polar surface area (TPSA) is 32.3 Å². The molecule has 0 spiro atoms. The Bertz CT molecular complexity index is 397. The molecule has 0 atom stereocenters. The van der Waals surface area contributed by atoms with Gasteiger partial charge in [-0.2, -0.15) is 0 Å². The summed E-state index contributed by atoms with van der Waals surface area (Å²) in [6, 6.07) is 5.36. The molecule has 0 aromatic heterocycles. The zero-order valence-electron chi connectivity index (χ0n) is 7.96. The highest BCUT2D eigenvalue weighted by Crippen LogP contribution is 2.29. The summed E-state index contributed by atoms with van der Waals surface area (Å²) in [5.74, 6) is 0. The van der Waals surface area contributed by atoms with E-state index in [2.05, 4.69) is 21.2 Å². The van der Waals surface area contributed by atoms with E-state index in [1.54, 1.807) is 17.0 Å². The molecule has 15 heavy (non-hydrogen) atoms. The molecule has 1 aromatic carbocycles. The Labute approximate surface area is 102 Å². The van der Waals surface area contributed by atoms with Crippen LogP contribution in [0.1, 0.15) is 6.42 Å². The Balaban J connectivity index is 2.31. The van der Waals surface area contributed by atoms with Crippen LogP contribution < -0.4 is 10.2 Å². The monoisotopic (exact) mass is 288 g/mol. The molecule has 0 saturated carbocycles. The van der Waals surface area contributed by atoms with Gasteiger partial charge >= 0.3 is 6.03 Å². The fraction of sp³-hybridized carbons (Fsp3) is 0.300. The van der Waals surface area contributed by atoms with Gasteiger partial charge in [0.2, 0.25) is 0 Å². The van der Waals surface area contributed by atoms with Crippen molar-refractivity contribution < 1.29 is 4.79 Å². The van der Waals surface area contributed by atoms with Crippen LogP contribution in [0.25, 0.3) is 0 Å². The standard InChI is InChI=1S/C10H10BrClN2O/c11-8-6-7(12)2-3-9(8)14-5-1-4-13-10(14)15/h2-3,6H,1,4-5H2,(H,13,15). The van der Waals surface area contributed by atoms with Gasteiger partial charge in [-0.1, -0.05) is 11.6 Å². The zero-order valence-corrected chi connectivity index (χ0v) is 10.3. The number of carbonyl (C=O) groups excluding carboxylic acids is 1. The summed E-state index contributed by atoms with van der Waals surface area (Å²) < 4.78 is 0.840. The fourth-order valence-corrected chi connectivity index (χ4v) is 2.46. The van der Waals surface area contributed by atoms with E-state index in [1.165, 1.54) is 0 Å². The molecule has 3 nitrogen and oxygen atoms in total. The molecule has 0 bridgehead atoms. The summed E-state index contributed by atoms with van der Waals surface area (Å²) in [6.45, 7) is 1.49. The first-order valence-corrected chi connectivity index (χ1v) is 5.86. The molecule has 80 valence electrons. The average Bonchev–Trinajstić information content (AvgIpc) is 2.20. The van der Waals surface area contributed by atoms with Crippen molar-refractivity contribution in [2.45, 2.75) is 6.42 Å². The molecule has 2 amide bonds. The number of nitrogens with one attached hydrogen (secondary N) is 1. The number of rotatable bonds is 1. The zero-order chi connectivity index (χ0) is 10.8. The quantitative estimate of drug-likeness (QED) is 0.847. The van der Waals surface area contributed by atoms with Crippen molar-refractivity contribution in [1.82, 2.24) is 5.32 Å². The third-order valence-electron chi connectivity index (χ3n) is 2.28. The van der Waals surface area contributed by atoms with Crippen molar-refractivity contribution in [2.24, 2.45) is 0 Å². The normalized spacial score (nSPS) is 16.4. The minimum Gasteiger partial charge on any atom is -0.338 e.